The van der Waals surface area contributed by atoms with Crippen molar-refractivity contribution in [1.29, 1.82) is 0 Å². The molecule has 0 saturated carbocycles. The van der Waals surface area contributed by atoms with Crippen LogP contribution in [-0.4, -0.2) is 24.7 Å². The third-order valence-corrected chi connectivity index (χ3v) is 3.40. The summed E-state index contributed by atoms with van der Waals surface area (Å²) in [5.41, 5.74) is 1.44. The molecular formula is C12H16N2. The van der Waals surface area contributed by atoms with Gasteiger partial charge in [-0.05, 0) is 18.4 Å². The van der Waals surface area contributed by atoms with Crippen LogP contribution >= 0.6 is 0 Å². The van der Waals surface area contributed by atoms with Gasteiger partial charge in [0.25, 0.3) is 0 Å². The monoisotopic (exact) mass is 188 g/mol. The smallest absolute Gasteiger partial charge is 0.0265 e. The van der Waals surface area contributed by atoms with Crippen molar-refractivity contribution >= 4 is 0 Å². The summed E-state index contributed by atoms with van der Waals surface area (Å²) in [5.74, 6) is 0. The minimum atomic E-state index is 0.649. The Morgan fingerprint density at radius 3 is 2.71 bits per heavy atom. The van der Waals surface area contributed by atoms with E-state index in [1.165, 1.54) is 12.0 Å². The summed E-state index contributed by atoms with van der Waals surface area (Å²) < 4.78 is 0. The minimum Gasteiger partial charge on any atom is -0.311 e. The summed E-state index contributed by atoms with van der Waals surface area (Å²) in [4.78, 5) is 0. The van der Waals surface area contributed by atoms with E-state index in [-0.39, 0.29) is 0 Å². The highest BCUT2D eigenvalue weighted by Gasteiger charge is 2.38. The van der Waals surface area contributed by atoms with Crippen molar-refractivity contribution in [2.24, 2.45) is 0 Å². The molecule has 2 saturated heterocycles. The maximum Gasteiger partial charge on any atom is 0.0265 e. The highest BCUT2D eigenvalue weighted by molar-refractivity contribution is 5.18. The number of fused-ring (bicyclic) bond motifs is 2. The van der Waals surface area contributed by atoms with E-state index in [4.69, 9.17) is 0 Å². The summed E-state index contributed by atoms with van der Waals surface area (Å²) in [7, 11) is 0. The number of rotatable bonds is 2. The second-order valence-corrected chi connectivity index (χ2v) is 4.41. The maximum atomic E-state index is 3.68. The first-order valence-corrected chi connectivity index (χ1v) is 5.45. The molecule has 1 aromatic carbocycles. The van der Waals surface area contributed by atoms with Gasteiger partial charge in [0.1, 0.15) is 0 Å². The van der Waals surface area contributed by atoms with Crippen LogP contribution in [-0.2, 0) is 6.42 Å². The van der Waals surface area contributed by atoms with Gasteiger partial charge in [0, 0.05) is 24.7 Å². The average Bonchev–Trinajstić information content (AvgIpc) is 2.81. The number of piperazine rings is 1. The molecule has 2 aliphatic rings. The molecule has 1 unspecified atom stereocenters. The van der Waals surface area contributed by atoms with E-state index in [1.54, 1.807) is 0 Å². The quantitative estimate of drug-likeness (QED) is 0.721. The largest absolute Gasteiger partial charge is 0.311 e. The molecule has 2 bridgehead atoms. The Morgan fingerprint density at radius 2 is 2.07 bits per heavy atom. The molecule has 2 heteroatoms. The molecule has 74 valence electrons. The summed E-state index contributed by atoms with van der Waals surface area (Å²) >= 11 is 0. The van der Waals surface area contributed by atoms with Gasteiger partial charge in [-0.15, -0.1) is 0 Å². The number of hydrogen-bond donors (Lipinski definition) is 2. The van der Waals surface area contributed by atoms with E-state index in [1.807, 2.05) is 0 Å². The molecule has 2 aliphatic heterocycles. The van der Waals surface area contributed by atoms with E-state index < -0.39 is 0 Å². The summed E-state index contributed by atoms with van der Waals surface area (Å²) in [6, 6.07) is 12.8. The highest BCUT2D eigenvalue weighted by Crippen LogP contribution is 2.21. The lowest BCUT2D eigenvalue weighted by atomic mass is 10.0. The van der Waals surface area contributed by atoms with Crippen molar-refractivity contribution < 1.29 is 0 Å². The Balaban J connectivity index is 1.69. The summed E-state index contributed by atoms with van der Waals surface area (Å²) in [6.45, 7) is 1.16. The zero-order valence-corrected chi connectivity index (χ0v) is 8.24. The van der Waals surface area contributed by atoms with Crippen LogP contribution < -0.4 is 10.6 Å². The second kappa shape index (κ2) is 3.37. The second-order valence-electron chi connectivity index (χ2n) is 4.41. The Morgan fingerprint density at radius 1 is 1.21 bits per heavy atom. The summed E-state index contributed by atoms with van der Waals surface area (Å²) in [5, 5.41) is 7.24. The van der Waals surface area contributed by atoms with E-state index >= 15 is 0 Å². The molecule has 2 heterocycles. The molecule has 2 nitrogen and oxygen atoms in total. The lowest BCUT2D eigenvalue weighted by Gasteiger charge is -2.24. The fraction of sp³-hybridized carbons (Fsp3) is 0.500. The molecule has 0 spiro atoms. The van der Waals surface area contributed by atoms with Crippen molar-refractivity contribution in [3.63, 3.8) is 0 Å². The van der Waals surface area contributed by atoms with Crippen molar-refractivity contribution in [1.82, 2.24) is 10.6 Å². The van der Waals surface area contributed by atoms with Gasteiger partial charge in [-0.3, -0.25) is 0 Å². The van der Waals surface area contributed by atoms with Crippen molar-refractivity contribution in [2.45, 2.75) is 31.0 Å². The maximum absolute atomic E-state index is 3.68. The van der Waals surface area contributed by atoms with E-state index in [9.17, 15) is 0 Å². The highest BCUT2D eigenvalue weighted by atomic mass is 15.2. The minimum absolute atomic E-state index is 0.649. The molecule has 0 aliphatic carbocycles. The Labute approximate surface area is 84.7 Å². The Bertz CT molecular complexity index is 309. The molecule has 2 fully saturated rings. The SMILES string of the molecule is c1ccc(CC2N[C@H]3CN[C@@H]2C3)cc1. The van der Waals surface area contributed by atoms with Gasteiger partial charge < -0.3 is 10.6 Å². The normalized spacial score (nSPS) is 35.0. The third-order valence-electron chi connectivity index (χ3n) is 3.40. The van der Waals surface area contributed by atoms with Gasteiger partial charge in [0.05, 0.1) is 0 Å². The van der Waals surface area contributed by atoms with Gasteiger partial charge in [-0.1, -0.05) is 30.3 Å². The molecule has 0 amide bonds. The molecule has 0 aromatic heterocycles. The van der Waals surface area contributed by atoms with E-state index in [2.05, 4.69) is 41.0 Å². The zero-order chi connectivity index (χ0) is 9.38. The Kier molecular flexibility index (Phi) is 2.03. The lowest BCUT2D eigenvalue weighted by molar-refractivity contribution is 0.409. The van der Waals surface area contributed by atoms with Crippen LogP contribution in [0.15, 0.2) is 30.3 Å². The predicted octanol–water partition coefficient (Wildman–Crippen LogP) is 0.931. The number of benzene rings is 1. The fourth-order valence-electron chi connectivity index (χ4n) is 2.69. The molecular weight excluding hydrogens is 172 g/mol. The van der Waals surface area contributed by atoms with Crippen LogP contribution in [0, 0.1) is 0 Å². The van der Waals surface area contributed by atoms with Crippen LogP contribution in [0.2, 0.25) is 0 Å². The van der Waals surface area contributed by atoms with Crippen LogP contribution in [0.3, 0.4) is 0 Å². The lowest BCUT2D eigenvalue weighted by Crippen LogP contribution is -2.49. The van der Waals surface area contributed by atoms with Crippen molar-refractivity contribution in [2.75, 3.05) is 6.54 Å². The van der Waals surface area contributed by atoms with Gasteiger partial charge in [0.2, 0.25) is 0 Å². The van der Waals surface area contributed by atoms with Crippen LogP contribution in [0.1, 0.15) is 12.0 Å². The van der Waals surface area contributed by atoms with Gasteiger partial charge in [-0.2, -0.15) is 0 Å². The fourth-order valence-corrected chi connectivity index (χ4v) is 2.69. The predicted molar refractivity (Wildman–Crippen MR) is 57.3 cm³/mol. The number of hydrogen-bond acceptors (Lipinski definition) is 2. The Hall–Kier alpha value is -0.860. The van der Waals surface area contributed by atoms with Crippen LogP contribution in [0.5, 0.6) is 0 Å². The molecule has 0 radical (unpaired) electrons. The third kappa shape index (κ3) is 1.45. The van der Waals surface area contributed by atoms with Crippen LogP contribution in [0.4, 0.5) is 0 Å². The van der Waals surface area contributed by atoms with Gasteiger partial charge >= 0.3 is 0 Å². The average molecular weight is 188 g/mol. The first kappa shape index (κ1) is 8.45. The summed E-state index contributed by atoms with van der Waals surface area (Å²) in [6.07, 6.45) is 2.48. The first-order chi connectivity index (χ1) is 6.92. The van der Waals surface area contributed by atoms with Crippen molar-refractivity contribution in [3.8, 4) is 0 Å². The van der Waals surface area contributed by atoms with Gasteiger partial charge in [-0.25, -0.2) is 0 Å². The molecule has 3 rings (SSSR count). The molecule has 3 atom stereocenters. The van der Waals surface area contributed by atoms with E-state index in [0.717, 1.165) is 19.0 Å². The topological polar surface area (TPSA) is 24.1 Å². The zero-order valence-electron chi connectivity index (χ0n) is 8.24. The first-order valence-electron chi connectivity index (χ1n) is 5.45. The van der Waals surface area contributed by atoms with Crippen LogP contribution in [0.25, 0.3) is 0 Å². The van der Waals surface area contributed by atoms with Crippen molar-refractivity contribution in [3.05, 3.63) is 35.9 Å². The standard InChI is InChI=1S/C12H16N2/c1-2-4-9(5-3-1)6-12-11-7-10(14-12)8-13-11/h1-5,10-14H,6-8H2/t10-,11-,12?/m1/s1. The molecule has 2 N–H and O–H groups in total. The van der Waals surface area contributed by atoms with Gasteiger partial charge in [0.15, 0.2) is 0 Å². The number of nitrogens with one attached hydrogen (secondary N) is 2. The molecule has 14 heavy (non-hydrogen) atoms. The van der Waals surface area contributed by atoms with E-state index in [0.29, 0.717) is 12.1 Å². The molecule has 1 aromatic rings.